The van der Waals surface area contributed by atoms with E-state index in [1.807, 2.05) is 6.07 Å². The zero-order chi connectivity index (χ0) is 18.9. The van der Waals surface area contributed by atoms with Crippen LogP contribution in [-0.2, 0) is 10.1 Å². The van der Waals surface area contributed by atoms with Crippen LogP contribution >= 0.6 is 11.6 Å². The average molecular weight is 393 g/mol. The van der Waals surface area contributed by atoms with Gasteiger partial charge in [0.2, 0.25) is 5.88 Å². The van der Waals surface area contributed by atoms with Crippen molar-refractivity contribution in [1.29, 1.82) is 0 Å². The third-order valence-corrected chi connectivity index (χ3v) is 4.64. The molecule has 26 heavy (non-hydrogen) atoms. The van der Waals surface area contributed by atoms with Gasteiger partial charge < -0.3 is 5.11 Å². The molecule has 0 aliphatic carbocycles. The van der Waals surface area contributed by atoms with Crippen molar-refractivity contribution in [3.8, 4) is 11.6 Å². The first kappa shape index (κ1) is 18.1. The van der Waals surface area contributed by atoms with Gasteiger partial charge in [0.05, 0.1) is 27.0 Å². The van der Waals surface area contributed by atoms with Crippen molar-refractivity contribution in [3.05, 3.63) is 59.2 Å². The maximum Gasteiger partial charge on any atom is 0.294 e. The Hall–Kier alpha value is -2.75. The van der Waals surface area contributed by atoms with Gasteiger partial charge in [0.25, 0.3) is 10.1 Å². The van der Waals surface area contributed by atoms with E-state index in [0.29, 0.717) is 11.4 Å². The van der Waals surface area contributed by atoms with E-state index in [4.69, 9.17) is 11.6 Å². The molecule has 0 atom stereocenters. The van der Waals surface area contributed by atoms with Crippen molar-refractivity contribution in [3.63, 3.8) is 0 Å². The van der Waals surface area contributed by atoms with Crippen LogP contribution in [0.3, 0.4) is 0 Å². The van der Waals surface area contributed by atoms with Crippen LogP contribution in [0.2, 0.25) is 5.02 Å². The highest BCUT2D eigenvalue weighted by Crippen LogP contribution is 2.36. The SMILES string of the molecule is Cc1nn(-c2cc(S(=O)(=O)O)ccc2Cl)c(O)c1N=Nc1ccccc1. The topological polar surface area (TPSA) is 117 Å². The molecule has 0 unspecified atom stereocenters. The Morgan fingerprint density at radius 1 is 1.12 bits per heavy atom. The Bertz CT molecular complexity index is 1090. The molecule has 0 saturated carbocycles. The van der Waals surface area contributed by atoms with Crippen LogP contribution in [-0.4, -0.2) is 27.9 Å². The smallest absolute Gasteiger partial charge is 0.294 e. The van der Waals surface area contributed by atoms with Gasteiger partial charge in [-0.3, -0.25) is 4.55 Å². The number of aryl methyl sites for hydroxylation is 1. The lowest BCUT2D eigenvalue weighted by atomic mass is 10.3. The second-order valence-electron chi connectivity index (χ2n) is 5.29. The minimum Gasteiger partial charge on any atom is -0.492 e. The first-order valence-corrected chi connectivity index (χ1v) is 9.12. The van der Waals surface area contributed by atoms with E-state index in [1.54, 1.807) is 31.2 Å². The van der Waals surface area contributed by atoms with Crippen LogP contribution in [0.5, 0.6) is 5.88 Å². The molecule has 10 heteroatoms. The predicted octanol–water partition coefficient (Wildman–Crippen LogP) is 4.20. The molecule has 3 rings (SSSR count). The van der Waals surface area contributed by atoms with Gasteiger partial charge >= 0.3 is 0 Å². The molecule has 0 aliphatic rings. The highest BCUT2D eigenvalue weighted by molar-refractivity contribution is 7.85. The molecule has 3 aromatic rings. The molecule has 0 aliphatic heterocycles. The summed E-state index contributed by atoms with van der Waals surface area (Å²) in [6.45, 7) is 1.61. The lowest BCUT2D eigenvalue weighted by molar-refractivity contribution is 0.434. The summed E-state index contributed by atoms with van der Waals surface area (Å²) in [5.41, 5.74) is 1.13. The third-order valence-electron chi connectivity index (χ3n) is 3.47. The summed E-state index contributed by atoms with van der Waals surface area (Å²) in [5.74, 6) is -0.364. The Morgan fingerprint density at radius 3 is 2.46 bits per heavy atom. The molecule has 1 heterocycles. The molecule has 2 aromatic carbocycles. The van der Waals surface area contributed by atoms with E-state index in [-0.39, 0.29) is 27.2 Å². The van der Waals surface area contributed by atoms with Crippen molar-refractivity contribution >= 4 is 33.1 Å². The van der Waals surface area contributed by atoms with Crippen molar-refractivity contribution in [2.75, 3.05) is 0 Å². The van der Waals surface area contributed by atoms with Crippen LogP contribution in [0.25, 0.3) is 5.69 Å². The van der Waals surface area contributed by atoms with E-state index in [9.17, 15) is 18.1 Å². The summed E-state index contributed by atoms with van der Waals surface area (Å²) in [7, 11) is -4.44. The second-order valence-corrected chi connectivity index (χ2v) is 7.12. The maximum absolute atomic E-state index is 11.3. The first-order chi connectivity index (χ1) is 12.3. The minimum atomic E-state index is -4.44. The summed E-state index contributed by atoms with van der Waals surface area (Å²) >= 11 is 6.08. The standard InChI is InChI=1S/C16H13ClN4O4S/c1-10-15(19-18-11-5-3-2-4-6-11)16(22)21(20-10)14-9-12(26(23,24)25)7-8-13(14)17/h2-9,22H,1H3,(H,23,24,25). The molecule has 134 valence electrons. The monoisotopic (exact) mass is 392 g/mol. The van der Waals surface area contributed by atoms with E-state index in [1.165, 1.54) is 6.07 Å². The summed E-state index contributed by atoms with van der Waals surface area (Å²) in [6.07, 6.45) is 0. The minimum absolute atomic E-state index is 0.0727. The fourth-order valence-electron chi connectivity index (χ4n) is 2.21. The van der Waals surface area contributed by atoms with E-state index in [2.05, 4.69) is 15.3 Å². The predicted molar refractivity (Wildman–Crippen MR) is 95.4 cm³/mol. The Labute approximate surface area is 154 Å². The Kier molecular flexibility index (Phi) is 4.77. The second kappa shape index (κ2) is 6.87. The number of benzene rings is 2. The molecule has 0 radical (unpaired) electrons. The normalized spacial score (nSPS) is 12.0. The van der Waals surface area contributed by atoms with Gasteiger partial charge in [0.1, 0.15) is 0 Å². The van der Waals surface area contributed by atoms with Gasteiger partial charge in [-0.25, -0.2) is 0 Å². The number of aromatic nitrogens is 2. The number of rotatable bonds is 4. The summed E-state index contributed by atoms with van der Waals surface area (Å²) < 4.78 is 32.9. The first-order valence-electron chi connectivity index (χ1n) is 7.30. The van der Waals surface area contributed by atoms with Gasteiger partial charge in [0, 0.05) is 0 Å². The number of halogens is 1. The van der Waals surface area contributed by atoms with Crippen molar-refractivity contribution < 1.29 is 18.1 Å². The molecule has 0 saturated heterocycles. The molecule has 1 aromatic heterocycles. The maximum atomic E-state index is 11.3. The number of azo groups is 1. The molecule has 0 amide bonds. The fraction of sp³-hybridized carbons (Fsp3) is 0.0625. The third kappa shape index (κ3) is 3.59. The van der Waals surface area contributed by atoms with Crippen LogP contribution in [0.15, 0.2) is 63.7 Å². The van der Waals surface area contributed by atoms with Gasteiger partial charge in [-0.05, 0) is 37.3 Å². The lowest BCUT2D eigenvalue weighted by Gasteiger charge is -2.07. The molecule has 8 nitrogen and oxygen atoms in total. The van der Waals surface area contributed by atoms with E-state index < -0.39 is 10.1 Å². The summed E-state index contributed by atoms with van der Waals surface area (Å²) in [6, 6.07) is 12.4. The molecule has 0 spiro atoms. The summed E-state index contributed by atoms with van der Waals surface area (Å²) in [4.78, 5) is -0.378. The van der Waals surface area contributed by atoms with Crippen molar-refractivity contribution in [2.45, 2.75) is 11.8 Å². The quantitative estimate of drug-likeness (QED) is 0.509. The molecular formula is C16H13ClN4O4S. The van der Waals surface area contributed by atoms with Gasteiger partial charge in [-0.1, -0.05) is 29.8 Å². The Balaban J connectivity index is 2.08. The van der Waals surface area contributed by atoms with E-state index >= 15 is 0 Å². The van der Waals surface area contributed by atoms with Crippen molar-refractivity contribution in [1.82, 2.24) is 9.78 Å². The van der Waals surface area contributed by atoms with Crippen LogP contribution < -0.4 is 0 Å². The molecular weight excluding hydrogens is 380 g/mol. The number of nitrogens with zero attached hydrogens (tertiary/aromatic N) is 4. The van der Waals surface area contributed by atoms with Crippen LogP contribution in [0, 0.1) is 6.92 Å². The summed E-state index contributed by atoms with van der Waals surface area (Å²) in [5, 5.41) is 22.7. The van der Waals surface area contributed by atoms with Crippen molar-refractivity contribution in [2.24, 2.45) is 10.2 Å². The zero-order valence-electron chi connectivity index (χ0n) is 13.4. The highest BCUT2D eigenvalue weighted by Gasteiger charge is 2.20. The van der Waals surface area contributed by atoms with Crippen LogP contribution in [0.1, 0.15) is 5.69 Å². The largest absolute Gasteiger partial charge is 0.492 e. The highest BCUT2D eigenvalue weighted by atomic mass is 35.5. The Morgan fingerprint density at radius 2 is 1.81 bits per heavy atom. The fourth-order valence-corrected chi connectivity index (χ4v) is 2.91. The number of hydrogen-bond donors (Lipinski definition) is 2. The number of hydrogen-bond acceptors (Lipinski definition) is 6. The van der Waals surface area contributed by atoms with E-state index in [0.717, 1.165) is 16.8 Å². The van der Waals surface area contributed by atoms with Gasteiger partial charge in [-0.2, -0.15) is 23.3 Å². The lowest BCUT2D eigenvalue weighted by Crippen LogP contribution is -2.02. The van der Waals surface area contributed by atoms with Gasteiger partial charge in [0.15, 0.2) is 5.69 Å². The van der Waals surface area contributed by atoms with Crippen LogP contribution in [0.4, 0.5) is 11.4 Å². The molecule has 0 fully saturated rings. The molecule has 0 bridgehead atoms. The van der Waals surface area contributed by atoms with Gasteiger partial charge in [-0.15, -0.1) is 5.11 Å². The zero-order valence-corrected chi connectivity index (χ0v) is 15.0. The molecule has 2 N–H and O–H groups in total. The number of aromatic hydroxyl groups is 1. The average Bonchev–Trinajstić information content (AvgIpc) is 2.87.